The second-order valence-electron chi connectivity index (χ2n) is 10.9. The minimum absolute atomic E-state index is 0.0887. The van der Waals surface area contributed by atoms with Crippen molar-refractivity contribution in [1.82, 2.24) is 15.5 Å². The lowest BCUT2D eigenvalue weighted by Crippen LogP contribution is -2.57. The molecule has 0 saturated heterocycles. The molecule has 3 amide bonds. The van der Waals surface area contributed by atoms with Crippen LogP contribution in [0.3, 0.4) is 0 Å². The van der Waals surface area contributed by atoms with Crippen molar-refractivity contribution < 1.29 is 19.1 Å². The van der Waals surface area contributed by atoms with Crippen LogP contribution in [-0.2, 0) is 14.3 Å². The number of hydrogen-bond acceptors (Lipinski definition) is 4. The predicted molar refractivity (Wildman–Crippen MR) is 141 cm³/mol. The molecule has 0 aromatic heterocycles. The van der Waals surface area contributed by atoms with Gasteiger partial charge in [-0.1, -0.05) is 51.0 Å². The van der Waals surface area contributed by atoms with Gasteiger partial charge in [-0.25, -0.2) is 4.79 Å². The van der Waals surface area contributed by atoms with E-state index >= 15 is 0 Å². The molecule has 0 fully saturated rings. The molecule has 0 bridgehead atoms. The van der Waals surface area contributed by atoms with Gasteiger partial charge in [0.15, 0.2) is 0 Å². The zero-order chi connectivity index (χ0) is 27.1. The molecule has 0 spiro atoms. The highest BCUT2D eigenvalue weighted by Crippen LogP contribution is 2.30. The van der Waals surface area contributed by atoms with Crippen LogP contribution in [0.4, 0.5) is 4.79 Å². The molecular formula is C28H47N3O4. The van der Waals surface area contributed by atoms with E-state index in [0.717, 1.165) is 16.7 Å². The van der Waals surface area contributed by atoms with Crippen molar-refractivity contribution >= 4 is 17.9 Å². The van der Waals surface area contributed by atoms with Gasteiger partial charge in [-0.05, 0) is 78.9 Å². The molecule has 0 radical (unpaired) electrons. The van der Waals surface area contributed by atoms with Gasteiger partial charge in [0.25, 0.3) is 0 Å². The first-order valence-corrected chi connectivity index (χ1v) is 12.8. The number of rotatable bonds is 10. The third-order valence-electron chi connectivity index (χ3n) is 6.16. The highest BCUT2D eigenvalue weighted by Gasteiger charge is 2.40. The fourth-order valence-corrected chi connectivity index (χ4v) is 3.91. The predicted octanol–water partition coefficient (Wildman–Crippen LogP) is 5.44. The lowest BCUT2D eigenvalue weighted by Gasteiger charge is -2.40. The van der Waals surface area contributed by atoms with Gasteiger partial charge in [-0.15, -0.1) is 0 Å². The molecule has 35 heavy (non-hydrogen) atoms. The summed E-state index contributed by atoms with van der Waals surface area (Å²) >= 11 is 0. The number of nitrogens with one attached hydrogen (secondary N) is 2. The summed E-state index contributed by atoms with van der Waals surface area (Å²) in [5.74, 6) is -0.680. The Hall–Kier alpha value is -2.57. The van der Waals surface area contributed by atoms with Crippen molar-refractivity contribution in [3.8, 4) is 0 Å². The molecule has 1 aromatic rings. The summed E-state index contributed by atoms with van der Waals surface area (Å²) in [4.78, 5) is 42.2. The zero-order valence-electron chi connectivity index (χ0n) is 23.6. The first-order valence-electron chi connectivity index (χ1n) is 12.8. The molecular weight excluding hydrogens is 442 g/mol. The van der Waals surface area contributed by atoms with E-state index in [2.05, 4.69) is 10.6 Å². The molecule has 1 rings (SSSR count). The molecule has 0 aliphatic rings. The number of nitrogens with zero attached hydrogens (tertiary/aromatic N) is 1. The lowest BCUT2D eigenvalue weighted by molar-refractivity contribution is -0.146. The smallest absolute Gasteiger partial charge is 0.408 e. The quantitative estimate of drug-likeness (QED) is 0.458. The maximum absolute atomic E-state index is 14.2. The average Bonchev–Trinajstić information content (AvgIpc) is 2.74. The Morgan fingerprint density at radius 3 is 2.06 bits per heavy atom. The Labute approximate surface area is 212 Å². The monoisotopic (exact) mass is 489 g/mol. The van der Waals surface area contributed by atoms with E-state index in [9.17, 15) is 14.4 Å². The first kappa shape index (κ1) is 30.5. The second-order valence-corrected chi connectivity index (χ2v) is 10.9. The third kappa shape index (κ3) is 8.86. The number of carbonyl (C=O) groups excluding carboxylic acids is 3. The number of hydrogen-bond donors (Lipinski definition) is 2. The fourth-order valence-electron chi connectivity index (χ4n) is 3.91. The van der Waals surface area contributed by atoms with Crippen LogP contribution in [-0.4, -0.2) is 46.5 Å². The Bertz CT molecular complexity index is 875. The normalized spacial score (nSPS) is 15.1. The Kier molecular flexibility index (Phi) is 11.3. The van der Waals surface area contributed by atoms with E-state index in [0.29, 0.717) is 12.8 Å². The molecule has 4 atom stereocenters. The summed E-state index contributed by atoms with van der Waals surface area (Å²) in [6.07, 6.45) is 0.685. The molecule has 0 heterocycles. The van der Waals surface area contributed by atoms with E-state index in [1.54, 1.807) is 25.7 Å². The number of alkyl carbamates (subject to hydrolysis) is 1. The van der Waals surface area contributed by atoms with Gasteiger partial charge < -0.3 is 20.3 Å². The Morgan fingerprint density at radius 1 is 0.971 bits per heavy atom. The van der Waals surface area contributed by atoms with Gasteiger partial charge in [0.1, 0.15) is 17.7 Å². The molecule has 0 aliphatic heterocycles. The topological polar surface area (TPSA) is 87.7 Å². The third-order valence-corrected chi connectivity index (χ3v) is 6.16. The van der Waals surface area contributed by atoms with Gasteiger partial charge >= 0.3 is 6.09 Å². The molecule has 4 unspecified atom stereocenters. The summed E-state index contributed by atoms with van der Waals surface area (Å²) in [6.45, 7) is 20.9. The minimum Gasteiger partial charge on any atom is -0.444 e. The van der Waals surface area contributed by atoms with Crippen molar-refractivity contribution in [2.24, 2.45) is 5.92 Å². The molecule has 198 valence electrons. The van der Waals surface area contributed by atoms with Crippen LogP contribution in [0.1, 0.15) is 97.9 Å². The number of benzene rings is 1. The van der Waals surface area contributed by atoms with E-state index in [1.807, 2.05) is 73.6 Å². The lowest BCUT2D eigenvalue weighted by atomic mass is 9.92. The Morgan fingerprint density at radius 2 is 1.57 bits per heavy atom. The van der Waals surface area contributed by atoms with E-state index in [4.69, 9.17) is 4.74 Å². The second kappa shape index (κ2) is 12.9. The van der Waals surface area contributed by atoms with Crippen LogP contribution in [0.2, 0.25) is 0 Å². The van der Waals surface area contributed by atoms with Crippen LogP contribution in [0.15, 0.2) is 18.2 Å². The number of amides is 3. The fraction of sp³-hybridized carbons (Fsp3) is 0.679. The molecule has 0 aliphatic carbocycles. The summed E-state index contributed by atoms with van der Waals surface area (Å²) < 4.78 is 5.46. The van der Waals surface area contributed by atoms with Crippen molar-refractivity contribution in [3.63, 3.8) is 0 Å². The average molecular weight is 490 g/mol. The van der Waals surface area contributed by atoms with Gasteiger partial charge in [0, 0.05) is 12.1 Å². The highest BCUT2D eigenvalue weighted by atomic mass is 16.6. The summed E-state index contributed by atoms with van der Waals surface area (Å²) in [5.41, 5.74) is 2.04. The number of aryl methyl sites for hydroxylation is 2. The Balaban J connectivity index is 3.64. The maximum Gasteiger partial charge on any atom is 0.408 e. The SMILES string of the molecule is CCC(C)C(NC(=O)OC(C)(C)C)C(=O)N(C(C)CC)C(C(=O)NC(C)C)c1cc(C)ccc1C. The summed E-state index contributed by atoms with van der Waals surface area (Å²) in [7, 11) is 0. The van der Waals surface area contributed by atoms with Gasteiger partial charge in [0.05, 0.1) is 0 Å². The van der Waals surface area contributed by atoms with Crippen molar-refractivity contribution in [2.45, 2.75) is 119 Å². The standard InChI is InChI=1S/C28H47N3O4/c1-12-19(6)23(30-27(34)35-28(9,10)11)26(33)31(21(8)13-2)24(25(32)29-17(3)4)22-16-18(5)14-15-20(22)7/h14-17,19,21,23-24H,12-13H2,1-11H3,(H,29,32)(H,30,34). The van der Waals surface area contributed by atoms with Crippen LogP contribution in [0.5, 0.6) is 0 Å². The van der Waals surface area contributed by atoms with Crippen LogP contribution >= 0.6 is 0 Å². The van der Waals surface area contributed by atoms with Gasteiger partial charge in [-0.2, -0.15) is 0 Å². The highest BCUT2D eigenvalue weighted by molar-refractivity contribution is 5.92. The molecule has 7 heteroatoms. The van der Waals surface area contributed by atoms with Crippen LogP contribution in [0.25, 0.3) is 0 Å². The van der Waals surface area contributed by atoms with Crippen LogP contribution in [0, 0.1) is 19.8 Å². The van der Waals surface area contributed by atoms with Gasteiger partial charge in [-0.3, -0.25) is 9.59 Å². The van der Waals surface area contributed by atoms with Crippen molar-refractivity contribution in [1.29, 1.82) is 0 Å². The summed E-state index contributed by atoms with van der Waals surface area (Å²) in [5, 5.41) is 5.82. The molecule has 7 nitrogen and oxygen atoms in total. The zero-order valence-corrected chi connectivity index (χ0v) is 23.6. The summed E-state index contributed by atoms with van der Waals surface area (Å²) in [6, 6.07) is 3.96. The van der Waals surface area contributed by atoms with E-state index < -0.39 is 23.8 Å². The largest absolute Gasteiger partial charge is 0.444 e. The molecule has 1 aromatic carbocycles. The maximum atomic E-state index is 14.2. The van der Waals surface area contributed by atoms with E-state index in [-0.39, 0.29) is 29.8 Å². The number of ether oxygens (including phenoxy) is 1. The minimum atomic E-state index is -0.830. The van der Waals surface area contributed by atoms with Crippen molar-refractivity contribution in [3.05, 3.63) is 34.9 Å². The molecule has 0 saturated carbocycles. The van der Waals surface area contributed by atoms with Gasteiger partial charge in [0.2, 0.25) is 11.8 Å². The van der Waals surface area contributed by atoms with Crippen molar-refractivity contribution in [2.75, 3.05) is 0 Å². The van der Waals surface area contributed by atoms with E-state index in [1.165, 1.54) is 0 Å². The first-order chi connectivity index (χ1) is 16.1. The van der Waals surface area contributed by atoms with Crippen LogP contribution < -0.4 is 10.6 Å². The number of carbonyl (C=O) groups is 3. The molecule has 2 N–H and O–H groups in total.